The zero-order chi connectivity index (χ0) is 15.4. The number of benzene rings is 1. The van der Waals surface area contributed by atoms with Crippen LogP contribution in [0.15, 0.2) is 35.4 Å². The van der Waals surface area contributed by atoms with E-state index >= 15 is 0 Å². The van der Waals surface area contributed by atoms with Crippen LogP contribution in [-0.4, -0.2) is 32.6 Å². The normalized spacial score (nSPS) is 13.5. The number of azide groups is 1. The molecule has 2 rings (SSSR count). The summed E-state index contributed by atoms with van der Waals surface area (Å²) in [5.74, 6) is 0. The van der Waals surface area contributed by atoms with Crippen LogP contribution >= 0.6 is 0 Å². The standard InChI is InChI=1S/C14H17N5O2/c1-9-13(14(21)12(20)8-16-18-15)10(2)19(17-9)11-6-4-3-5-7-11/h3-7,12,14,20-21H,8H2,1-2H3. The lowest BCUT2D eigenvalue weighted by Gasteiger charge is -2.16. The minimum Gasteiger partial charge on any atom is -0.390 e. The van der Waals surface area contributed by atoms with Gasteiger partial charge in [-0.1, -0.05) is 23.3 Å². The number of aryl methyl sites for hydroxylation is 1. The first kappa shape index (κ1) is 15.1. The van der Waals surface area contributed by atoms with E-state index in [9.17, 15) is 10.2 Å². The number of nitrogens with zero attached hydrogens (tertiary/aromatic N) is 5. The van der Waals surface area contributed by atoms with Crippen molar-refractivity contribution in [1.29, 1.82) is 0 Å². The highest BCUT2D eigenvalue weighted by atomic mass is 16.3. The van der Waals surface area contributed by atoms with E-state index in [2.05, 4.69) is 15.1 Å². The molecule has 2 aromatic rings. The molecular formula is C14H17N5O2. The van der Waals surface area contributed by atoms with Crippen LogP contribution in [-0.2, 0) is 0 Å². The Labute approximate surface area is 122 Å². The Hall–Kier alpha value is -2.34. The van der Waals surface area contributed by atoms with Gasteiger partial charge in [-0.05, 0) is 31.5 Å². The first-order chi connectivity index (χ1) is 10.1. The van der Waals surface area contributed by atoms with Crippen molar-refractivity contribution in [3.05, 3.63) is 57.7 Å². The maximum absolute atomic E-state index is 10.3. The second-order valence-electron chi connectivity index (χ2n) is 4.76. The minimum atomic E-state index is -1.16. The molecule has 2 atom stereocenters. The molecule has 7 nitrogen and oxygen atoms in total. The molecule has 7 heteroatoms. The van der Waals surface area contributed by atoms with Gasteiger partial charge in [0.2, 0.25) is 0 Å². The van der Waals surface area contributed by atoms with Gasteiger partial charge in [0.1, 0.15) is 6.10 Å². The Balaban J connectivity index is 2.38. The molecule has 2 unspecified atom stereocenters. The summed E-state index contributed by atoms with van der Waals surface area (Å²) in [5, 5.41) is 27.8. The first-order valence-corrected chi connectivity index (χ1v) is 6.54. The van der Waals surface area contributed by atoms with Gasteiger partial charge in [-0.25, -0.2) is 4.68 Å². The van der Waals surface area contributed by atoms with Gasteiger partial charge in [0.15, 0.2) is 0 Å². The third-order valence-electron chi connectivity index (χ3n) is 3.34. The van der Waals surface area contributed by atoms with Gasteiger partial charge < -0.3 is 10.2 Å². The minimum absolute atomic E-state index is 0.187. The smallest absolute Gasteiger partial charge is 0.109 e. The molecule has 0 bridgehead atoms. The molecule has 0 aliphatic carbocycles. The molecule has 1 aromatic carbocycles. The fraction of sp³-hybridized carbons (Fsp3) is 0.357. The summed E-state index contributed by atoms with van der Waals surface area (Å²) in [6, 6.07) is 9.53. The highest BCUT2D eigenvalue weighted by Crippen LogP contribution is 2.26. The average molecular weight is 287 g/mol. The summed E-state index contributed by atoms with van der Waals surface area (Å²) in [5.41, 5.74) is 11.1. The SMILES string of the molecule is Cc1nn(-c2ccccc2)c(C)c1C(O)C(O)CN=[N+]=[N-]. The molecule has 0 aliphatic heterocycles. The Kier molecular flexibility index (Phi) is 4.59. The van der Waals surface area contributed by atoms with E-state index in [0.29, 0.717) is 11.3 Å². The molecule has 0 radical (unpaired) electrons. The summed E-state index contributed by atoms with van der Waals surface area (Å²) < 4.78 is 1.72. The zero-order valence-electron chi connectivity index (χ0n) is 11.9. The lowest BCUT2D eigenvalue weighted by Crippen LogP contribution is -2.22. The number of rotatable bonds is 5. The molecule has 0 aliphatic rings. The second-order valence-corrected chi connectivity index (χ2v) is 4.76. The van der Waals surface area contributed by atoms with Gasteiger partial charge in [-0.15, -0.1) is 0 Å². The van der Waals surface area contributed by atoms with Crippen molar-refractivity contribution >= 4 is 0 Å². The van der Waals surface area contributed by atoms with E-state index in [4.69, 9.17) is 5.53 Å². The van der Waals surface area contributed by atoms with Gasteiger partial charge in [-0.3, -0.25) is 0 Å². The van der Waals surface area contributed by atoms with Crippen molar-refractivity contribution in [2.75, 3.05) is 6.54 Å². The van der Waals surface area contributed by atoms with Crippen LogP contribution in [0.2, 0.25) is 0 Å². The molecule has 0 fully saturated rings. The Morgan fingerprint density at radius 3 is 2.57 bits per heavy atom. The van der Waals surface area contributed by atoms with Gasteiger partial charge in [0, 0.05) is 16.2 Å². The molecule has 1 heterocycles. The molecular weight excluding hydrogens is 270 g/mol. The number of aliphatic hydroxyl groups is 2. The molecule has 110 valence electrons. The molecule has 1 aromatic heterocycles. The third-order valence-corrected chi connectivity index (χ3v) is 3.34. The van der Waals surface area contributed by atoms with E-state index in [1.807, 2.05) is 37.3 Å². The topological polar surface area (TPSA) is 107 Å². The largest absolute Gasteiger partial charge is 0.390 e. The number of para-hydroxylation sites is 1. The van der Waals surface area contributed by atoms with Gasteiger partial charge >= 0.3 is 0 Å². The quantitative estimate of drug-likeness (QED) is 0.500. The summed E-state index contributed by atoms with van der Waals surface area (Å²) >= 11 is 0. The maximum Gasteiger partial charge on any atom is 0.109 e. The third kappa shape index (κ3) is 3.05. The van der Waals surface area contributed by atoms with Crippen LogP contribution in [0, 0.1) is 13.8 Å². The predicted molar refractivity (Wildman–Crippen MR) is 78.0 cm³/mol. The van der Waals surface area contributed by atoms with Crippen molar-refractivity contribution in [3.8, 4) is 5.69 Å². The van der Waals surface area contributed by atoms with Crippen molar-refractivity contribution in [3.63, 3.8) is 0 Å². The number of hydrogen-bond acceptors (Lipinski definition) is 4. The van der Waals surface area contributed by atoms with E-state index in [1.54, 1.807) is 11.6 Å². The van der Waals surface area contributed by atoms with Gasteiger partial charge in [0.25, 0.3) is 0 Å². The van der Waals surface area contributed by atoms with Crippen molar-refractivity contribution in [2.24, 2.45) is 5.11 Å². The van der Waals surface area contributed by atoms with Crippen LogP contribution in [0.25, 0.3) is 16.1 Å². The summed E-state index contributed by atoms with van der Waals surface area (Å²) in [6.45, 7) is 3.41. The summed E-state index contributed by atoms with van der Waals surface area (Å²) in [4.78, 5) is 2.58. The zero-order valence-corrected chi connectivity index (χ0v) is 11.9. The van der Waals surface area contributed by atoms with Crippen molar-refractivity contribution in [2.45, 2.75) is 26.1 Å². The highest BCUT2D eigenvalue weighted by Gasteiger charge is 2.25. The molecule has 0 spiro atoms. The summed E-state index contributed by atoms with van der Waals surface area (Å²) in [6.07, 6.45) is -2.31. The first-order valence-electron chi connectivity index (χ1n) is 6.54. The number of aliphatic hydroxyl groups excluding tert-OH is 2. The molecule has 2 N–H and O–H groups in total. The molecule has 0 saturated carbocycles. The van der Waals surface area contributed by atoms with E-state index in [1.165, 1.54) is 0 Å². The Bertz CT molecular complexity index is 662. The number of hydrogen-bond donors (Lipinski definition) is 2. The lowest BCUT2D eigenvalue weighted by molar-refractivity contribution is 0.0236. The van der Waals surface area contributed by atoms with E-state index < -0.39 is 12.2 Å². The predicted octanol–water partition coefficient (Wildman–Crippen LogP) is 2.19. The van der Waals surface area contributed by atoms with Crippen molar-refractivity contribution < 1.29 is 10.2 Å². The second kappa shape index (κ2) is 6.41. The van der Waals surface area contributed by atoms with Crippen LogP contribution < -0.4 is 0 Å². The molecule has 0 amide bonds. The van der Waals surface area contributed by atoms with Gasteiger partial charge in [0.05, 0.1) is 24.0 Å². The molecule has 0 saturated heterocycles. The van der Waals surface area contributed by atoms with Crippen LogP contribution in [0.1, 0.15) is 23.1 Å². The summed E-state index contributed by atoms with van der Waals surface area (Å²) in [7, 11) is 0. The van der Waals surface area contributed by atoms with Gasteiger partial charge in [-0.2, -0.15) is 5.10 Å². The molecule has 21 heavy (non-hydrogen) atoms. The highest BCUT2D eigenvalue weighted by molar-refractivity contribution is 5.38. The van der Waals surface area contributed by atoms with Crippen molar-refractivity contribution in [1.82, 2.24) is 9.78 Å². The maximum atomic E-state index is 10.3. The van der Waals surface area contributed by atoms with E-state index in [-0.39, 0.29) is 6.54 Å². The fourth-order valence-electron chi connectivity index (χ4n) is 2.32. The number of aromatic nitrogens is 2. The van der Waals surface area contributed by atoms with Crippen LogP contribution in [0.5, 0.6) is 0 Å². The van der Waals surface area contributed by atoms with Crippen LogP contribution in [0.4, 0.5) is 0 Å². The monoisotopic (exact) mass is 287 g/mol. The Morgan fingerprint density at radius 1 is 1.29 bits per heavy atom. The van der Waals surface area contributed by atoms with Crippen LogP contribution in [0.3, 0.4) is 0 Å². The Morgan fingerprint density at radius 2 is 1.95 bits per heavy atom. The fourth-order valence-corrected chi connectivity index (χ4v) is 2.32. The lowest BCUT2D eigenvalue weighted by atomic mass is 10.0. The van der Waals surface area contributed by atoms with E-state index in [0.717, 1.165) is 11.4 Å². The average Bonchev–Trinajstić information content (AvgIpc) is 2.80.